The number of nitrogens with one attached hydrogen (secondary N) is 1. The number of hydrogen-bond donors (Lipinski definition) is 1. The van der Waals surface area contributed by atoms with Crippen molar-refractivity contribution < 1.29 is 9.53 Å². The molecule has 0 aliphatic rings. The molecule has 0 spiro atoms. The monoisotopic (exact) mass is 249 g/mol. The summed E-state index contributed by atoms with van der Waals surface area (Å²) in [5.41, 5.74) is 0.732. The maximum atomic E-state index is 11.3. The standard InChI is InChI=1S/C13H12ClNO2/c1-3-8-15-13(16)7-4-10-9-11(14)5-6-12(10)17-2/h1,4-7,9H,8H2,2H3,(H,15,16)/b7-4+. The molecule has 1 aromatic rings. The Labute approximate surface area is 105 Å². The Morgan fingerprint density at radius 2 is 2.41 bits per heavy atom. The van der Waals surface area contributed by atoms with E-state index < -0.39 is 0 Å². The molecule has 0 atom stereocenters. The fraction of sp³-hybridized carbons (Fsp3) is 0.154. The number of hydrogen-bond acceptors (Lipinski definition) is 2. The third-order valence-electron chi connectivity index (χ3n) is 1.97. The quantitative estimate of drug-likeness (QED) is 0.656. The van der Waals surface area contributed by atoms with Gasteiger partial charge in [0.2, 0.25) is 5.91 Å². The van der Waals surface area contributed by atoms with Crippen LogP contribution in [0.3, 0.4) is 0 Å². The van der Waals surface area contributed by atoms with E-state index in [9.17, 15) is 4.79 Å². The van der Waals surface area contributed by atoms with Gasteiger partial charge in [-0.1, -0.05) is 17.5 Å². The molecule has 3 nitrogen and oxygen atoms in total. The molecular formula is C13H12ClNO2. The lowest BCUT2D eigenvalue weighted by Gasteiger charge is -2.04. The predicted octanol–water partition coefficient (Wildman–Crippen LogP) is 2.11. The summed E-state index contributed by atoms with van der Waals surface area (Å²) in [6.45, 7) is 0.204. The number of carbonyl (C=O) groups is 1. The number of benzene rings is 1. The highest BCUT2D eigenvalue weighted by Crippen LogP contribution is 2.23. The summed E-state index contributed by atoms with van der Waals surface area (Å²) in [4.78, 5) is 11.3. The molecule has 0 heterocycles. The molecule has 1 aromatic carbocycles. The Kier molecular flexibility index (Phi) is 5.12. The van der Waals surface area contributed by atoms with E-state index in [-0.39, 0.29) is 12.5 Å². The van der Waals surface area contributed by atoms with Gasteiger partial charge in [-0.3, -0.25) is 4.79 Å². The van der Waals surface area contributed by atoms with Crippen molar-refractivity contribution >= 4 is 23.6 Å². The van der Waals surface area contributed by atoms with Crippen molar-refractivity contribution in [1.82, 2.24) is 5.32 Å². The zero-order valence-electron chi connectivity index (χ0n) is 9.37. The summed E-state index contributed by atoms with van der Waals surface area (Å²) in [6, 6.07) is 5.17. The number of carbonyl (C=O) groups excluding carboxylic acids is 1. The largest absolute Gasteiger partial charge is 0.496 e. The van der Waals surface area contributed by atoms with Crippen molar-refractivity contribution in [3.05, 3.63) is 34.9 Å². The van der Waals surface area contributed by atoms with E-state index in [2.05, 4.69) is 11.2 Å². The van der Waals surface area contributed by atoms with Crippen molar-refractivity contribution in [3.8, 4) is 18.1 Å². The van der Waals surface area contributed by atoms with Crippen LogP contribution in [0.5, 0.6) is 5.75 Å². The minimum Gasteiger partial charge on any atom is -0.496 e. The minimum absolute atomic E-state index is 0.204. The topological polar surface area (TPSA) is 38.3 Å². The van der Waals surface area contributed by atoms with Crippen LogP contribution in [-0.2, 0) is 4.79 Å². The molecule has 0 bridgehead atoms. The lowest BCUT2D eigenvalue weighted by Crippen LogP contribution is -2.20. The third kappa shape index (κ3) is 4.21. The van der Waals surface area contributed by atoms with E-state index in [0.717, 1.165) is 5.56 Å². The number of terminal acetylenes is 1. The van der Waals surface area contributed by atoms with Crippen LogP contribution < -0.4 is 10.1 Å². The van der Waals surface area contributed by atoms with Crippen molar-refractivity contribution in [2.75, 3.05) is 13.7 Å². The van der Waals surface area contributed by atoms with Gasteiger partial charge in [-0.05, 0) is 24.3 Å². The van der Waals surface area contributed by atoms with Gasteiger partial charge in [0.25, 0.3) is 0 Å². The van der Waals surface area contributed by atoms with E-state index in [4.69, 9.17) is 22.8 Å². The first-order valence-corrected chi connectivity index (χ1v) is 5.28. The fourth-order valence-corrected chi connectivity index (χ4v) is 1.38. The summed E-state index contributed by atoms with van der Waals surface area (Å²) >= 11 is 5.86. The van der Waals surface area contributed by atoms with Gasteiger partial charge in [0.1, 0.15) is 5.75 Å². The van der Waals surface area contributed by atoms with Crippen LogP contribution >= 0.6 is 11.6 Å². The molecule has 88 valence electrons. The molecule has 4 heteroatoms. The lowest BCUT2D eigenvalue weighted by atomic mass is 10.2. The molecule has 0 fully saturated rings. The van der Waals surface area contributed by atoms with Gasteiger partial charge in [-0.15, -0.1) is 6.42 Å². The fourth-order valence-electron chi connectivity index (χ4n) is 1.20. The summed E-state index contributed by atoms with van der Waals surface area (Å²) < 4.78 is 5.14. The lowest BCUT2D eigenvalue weighted by molar-refractivity contribution is -0.116. The van der Waals surface area contributed by atoms with E-state index in [1.165, 1.54) is 6.08 Å². The van der Waals surface area contributed by atoms with Crippen LogP contribution in [-0.4, -0.2) is 19.6 Å². The summed E-state index contributed by atoms with van der Waals surface area (Å²) in [5, 5.41) is 3.10. The molecule has 0 saturated carbocycles. The number of methoxy groups -OCH3 is 1. The Hall–Kier alpha value is -1.92. The number of rotatable bonds is 4. The minimum atomic E-state index is -0.259. The van der Waals surface area contributed by atoms with Gasteiger partial charge >= 0.3 is 0 Å². The summed E-state index contributed by atoms with van der Waals surface area (Å²) in [5.74, 6) is 2.71. The number of halogens is 1. The normalized spacial score (nSPS) is 9.94. The zero-order valence-corrected chi connectivity index (χ0v) is 10.1. The number of ether oxygens (including phenoxy) is 1. The van der Waals surface area contributed by atoms with E-state index in [0.29, 0.717) is 10.8 Å². The third-order valence-corrected chi connectivity index (χ3v) is 2.21. The molecule has 1 rings (SSSR count). The van der Waals surface area contributed by atoms with Gasteiger partial charge in [-0.25, -0.2) is 0 Å². The first-order chi connectivity index (χ1) is 8.17. The van der Waals surface area contributed by atoms with Crippen LogP contribution in [0.25, 0.3) is 6.08 Å². The van der Waals surface area contributed by atoms with Crippen LogP contribution in [0.2, 0.25) is 5.02 Å². The van der Waals surface area contributed by atoms with Gasteiger partial charge < -0.3 is 10.1 Å². The second-order valence-corrected chi connectivity index (χ2v) is 3.58. The van der Waals surface area contributed by atoms with Crippen LogP contribution in [0, 0.1) is 12.3 Å². The van der Waals surface area contributed by atoms with Gasteiger partial charge in [0.15, 0.2) is 0 Å². The molecule has 17 heavy (non-hydrogen) atoms. The second-order valence-electron chi connectivity index (χ2n) is 3.14. The molecule has 0 aliphatic heterocycles. The Balaban J connectivity index is 2.80. The average molecular weight is 250 g/mol. The average Bonchev–Trinajstić information content (AvgIpc) is 2.34. The van der Waals surface area contributed by atoms with E-state index in [1.807, 2.05) is 0 Å². The predicted molar refractivity (Wildman–Crippen MR) is 68.9 cm³/mol. The highest BCUT2D eigenvalue weighted by Gasteiger charge is 2.01. The molecular weight excluding hydrogens is 238 g/mol. The molecule has 0 aliphatic carbocycles. The Morgan fingerprint density at radius 1 is 1.65 bits per heavy atom. The molecule has 0 aromatic heterocycles. The van der Waals surface area contributed by atoms with Gasteiger partial charge in [0.05, 0.1) is 13.7 Å². The van der Waals surface area contributed by atoms with Crippen LogP contribution in [0.15, 0.2) is 24.3 Å². The summed E-state index contributed by atoms with van der Waals surface area (Å²) in [7, 11) is 1.55. The zero-order chi connectivity index (χ0) is 12.7. The molecule has 0 saturated heterocycles. The van der Waals surface area contributed by atoms with Crippen molar-refractivity contribution in [2.24, 2.45) is 0 Å². The molecule has 0 unspecified atom stereocenters. The maximum absolute atomic E-state index is 11.3. The molecule has 0 radical (unpaired) electrons. The molecule has 1 amide bonds. The van der Waals surface area contributed by atoms with Crippen molar-refractivity contribution in [3.63, 3.8) is 0 Å². The van der Waals surface area contributed by atoms with Gasteiger partial charge in [-0.2, -0.15) is 0 Å². The first kappa shape index (κ1) is 13.1. The maximum Gasteiger partial charge on any atom is 0.244 e. The molecule has 1 N–H and O–H groups in total. The first-order valence-electron chi connectivity index (χ1n) is 4.90. The SMILES string of the molecule is C#CCNC(=O)/C=C/c1cc(Cl)ccc1OC. The summed E-state index contributed by atoms with van der Waals surface area (Å²) in [6.07, 6.45) is 8.03. The highest BCUT2D eigenvalue weighted by molar-refractivity contribution is 6.30. The smallest absolute Gasteiger partial charge is 0.244 e. The number of amides is 1. The van der Waals surface area contributed by atoms with Crippen LogP contribution in [0.1, 0.15) is 5.56 Å². The van der Waals surface area contributed by atoms with Crippen LogP contribution in [0.4, 0.5) is 0 Å². The van der Waals surface area contributed by atoms with Crippen molar-refractivity contribution in [2.45, 2.75) is 0 Å². The van der Waals surface area contributed by atoms with E-state index in [1.54, 1.807) is 31.4 Å². The van der Waals surface area contributed by atoms with Crippen molar-refractivity contribution in [1.29, 1.82) is 0 Å². The second kappa shape index (κ2) is 6.62. The van der Waals surface area contributed by atoms with E-state index >= 15 is 0 Å². The van der Waals surface area contributed by atoms with Gasteiger partial charge in [0, 0.05) is 16.7 Å². The Bertz CT molecular complexity index is 475. The highest BCUT2D eigenvalue weighted by atomic mass is 35.5. The Morgan fingerprint density at radius 3 is 3.06 bits per heavy atom.